The van der Waals surface area contributed by atoms with Gasteiger partial charge in [-0.2, -0.15) is 5.10 Å². The Hall–Kier alpha value is -2.18. The molecule has 0 aromatic heterocycles. The van der Waals surface area contributed by atoms with Crippen LogP contribution in [0.2, 0.25) is 5.02 Å². The fraction of sp³-hybridized carbons (Fsp3) is 0.176. The molecule has 2 aromatic carbocycles. The van der Waals surface area contributed by atoms with E-state index in [0.717, 1.165) is 27.0 Å². The number of halogens is 1. The number of hydrogen-bond donors (Lipinski definition) is 1. The van der Waals surface area contributed by atoms with Gasteiger partial charge < -0.3 is 9.47 Å². The second-order valence-electron chi connectivity index (χ2n) is 4.58. The van der Waals surface area contributed by atoms with E-state index in [9.17, 15) is 4.79 Å². The van der Waals surface area contributed by atoms with Crippen molar-refractivity contribution in [2.24, 2.45) is 5.10 Å². The first-order valence-electron chi connectivity index (χ1n) is 7.15. The molecule has 0 saturated carbocycles. The molecule has 0 bridgehead atoms. The van der Waals surface area contributed by atoms with Crippen LogP contribution in [-0.2, 0) is 4.74 Å². The number of thioether (sulfide) groups is 1. The lowest BCUT2D eigenvalue weighted by Gasteiger charge is -2.07. The van der Waals surface area contributed by atoms with Crippen LogP contribution in [0, 0.1) is 0 Å². The summed E-state index contributed by atoms with van der Waals surface area (Å²) in [6, 6.07) is 15.1. The third kappa shape index (κ3) is 6.52. The van der Waals surface area contributed by atoms with Crippen LogP contribution in [0.15, 0.2) is 58.5 Å². The van der Waals surface area contributed by atoms with Crippen molar-refractivity contribution in [3.63, 3.8) is 0 Å². The van der Waals surface area contributed by atoms with E-state index >= 15 is 0 Å². The van der Waals surface area contributed by atoms with Crippen LogP contribution in [0.25, 0.3) is 0 Å². The van der Waals surface area contributed by atoms with E-state index in [-0.39, 0.29) is 0 Å². The van der Waals surface area contributed by atoms with Gasteiger partial charge in [0.2, 0.25) is 0 Å². The Morgan fingerprint density at radius 3 is 2.83 bits per heavy atom. The van der Waals surface area contributed by atoms with Crippen molar-refractivity contribution in [3.05, 3.63) is 59.1 Å². The molecule has 0 fully saturated rings. The average molecular weight is 365 g/mol. The first-order valence-corrected chi connectivity index (χ1v) is 8.52. The Morgan fingerprint density at radius 1 is 1.29 bits per heavy atom. The lowest BCUT2D eigenvalue weighted by molar-refractivity contribution is 0.171. The van der Waals surface area contributed by atoms with E-state index in [1.54, 1.807) is 11.8 Å². The molecule has 0 atom stereocenters. The van der Waals surface area contributed by atoms with Gasteiger partial charge in [0.1, 0.15) is 5.75 Å². The smallest absolute Gasteiger partial charge is 0.427 e. The summed E-state index contributed by atoms with van der Waals surface area (Å²) in [5.74, 6) is 1.57. The highest BCUT2D eigenvalue weighted by atomic mass is 35.5. The molecule has 7 heteroatoms. The Kier molecular flexibility index (Phi) is 7.45. The average Bonchev–Trinajstić information content (AvgIpc) is 2.60. The Morgan fingerprint density at radius 2 is 2.08 bits per heavy atom. The molecule has 0 radical (unpaired) electrons. The number of carbonyl (C=O) groups is 1. The summed E-state index contributed by atoms with van der Waals surface area (Å²) in [4.78, 5) is 12.0. The SMILES string of the molecule is COC(=O)NN=Cc1cccc(OCCSc2ccc(Cl)cc2)c1. The molecule has 0 aliphatic heterocycles. The highest BCUT2D eigenvalue weighted by Gasteiger charge is 1.98. The van der Waals surface area contributed by atoms with Gasteiger partial charge in [-0.3, -0.25) is 0 Å². The second kappa shape index (κ2) is 9.85. The molecule has 2 rings (SSSR count). The fourth-order valence-electron chi connectivity index (χ4n) is 1.74. The van der Waals surface area contributed by atoms with Gasteiger partial charge in [0.05, 0.1) is 19.9 Å². The normalized spacial score (nSPS) is 10.6. The van der Waals surface area contributed by atoms with Crippen molar-refractivity contribution in [1.29, 1.82) is 0 Å². The first-order chi connectivity index (χ1) is 11.7. The maximum Gasteiger partial charge on any atom is 0.427 e. The van der Waals surface area contributed by atoms with Crippen molar-refractivity contribution in [2.45, 2.75) is 4.90 Å². The summed E-state index contributed by atoms with van der Waals surface area (Å²) < 4.78 is 10.1. The van der Waals surface area contributed by atoms with E-state index in [1.165, 1.54) is 13.3 Å². The lowest BCUT2D eigenvalue weighted by Crippen LogP contribution is -2.16. The van der Waals surface area contributed by atoms with Crippen molar-refractivity contribution in [1.82, 2.24) is 5.43 Å². The predicted octanol–water partition coefficient (Wildman–Crippen LogP) is 4.20. The molecular formula is C17H17ClN2O3S. The molecule has 0 saturated heterocycles. The number of nitrogens with zero attached hydrogens (tertiary/aromatic N) is 1. The summed E-state index contributed by atoms with van der Waals surface area (Å²) in [5.41, 5.74) is 3.04. The lowest BCUT2D eigenvalue weighted by atomic mass is 10.2. The standard InChI is InChI=1S/C17H17ClN2O3S/c1-22-17(21)20-19-12-13-3-2-4-15(11-13)23-9-10-24-16-7-5-14(18)6-8-16/h2-8,11-12H,9-10H2,1H3,(H,20,21). The van der Waals surface area contributed by atoms with Crippen LogP contribution in [0.1, 0.15) is 5.56 Å². The van der Waals surface area contributed by atoms with E-state index in [0.29, 0.717) is 6.61 Å². The van der Waals surface area contributed by atoms with E-state index < -0.39 is 6.09 Å². The van der Waals surface area contributed by atoms with Crippen molar-refractivity contribution in [3.8, 4) is 5.75 Å². The minimum atomic E-state index is -0.613. The number of hydrogen-bond acceptors (Lipinski definition) is 5. The molecule has 0 unspecified atom stereocenters. The van der Waals surface area contributed by atoms with Crippen LogP contribution in [0.4, 0.5) is 4.79 Å². The van der Waals surface area contributed by atoms with E-state index in [4.69, 9.17) is 16.3 Å². The number of methoxy groups -OCH3 is 1. The molecule has 126 valence electrons. The van der Waals surface area contributed by atoms with Gasteiger partial charge in [0, 0.05) is 15.7 Å². The monoisotopic (exact) mass is 364 g/mol. The van der Waals surface area contributed by atoms with Gasteiger partial charge in [-0.25, -0.2) is 10.2 Å². The van der Waals surface area contributed by atoms with Crippen LogP contribution < -0.4 is 10.2 Å². The number of amides is 1. The summed E-state index contributed by atoms with van der Waals surface area (Å²) >= 11 is 7.56. The molecule has 0 aliphatic carbocycles. The number of hydrazone groups is 1. The van der Waals surface area contributed by atoms with E-state index in [1.807, 2.05) is 48.5 Å². The van der Waals surface area contributed by atoms with Crippen molar-refractivity contribution >= 4 is 35.7 Å². The topological polar surface area (TPSA) is 59.9 Å². The number of rotatable bonds is 7. The summed E-state index contributed by atoms with van der Waals surface area (Å²) in [5, 5.41) is 4.51. The summed E-state index contributed by atoms with van der Waals surface area (Å²) in [7, 11) is 1.28. The Labute approximate surface area is 150 Å². The molecule has 1 N–H and O–H groups in total. The van der Waals surface area contributed by atoms with Gasteiger partial charge in [0.15, 0.2) is 0 Å². The van der Waals surface area contributed by atoms with Crippen LogP contribution >= 0.6 is 23.4 Å². The summed E-state index contributed by atoms with van der Waals surface area (Å²) in [6.07, 6.45) is 0.907. The van der Waals surface area contributed by atoms with Gasteiger partial charge in [-0.15, -0.1) is 11.8 Å². The largest absolute Gasteiger partial charge is 0.493 e. The second-order valence-corrected chi connectivity index (χ2v) is 6.19. The molecule has 2 aromatic rings. The third-order valence-corrected chi connectivity index (χ3v) is 4.08. The van der Waals surface area contributed by atoms with Crippen molar-refractivity contribution < 1.29 is 14.3 Å². The zero-order valence-electron chi connectivity index (χ0n) is 13.1. The van der Waals surface area contributed by atoms with Crippen LogP contribution in [0.3, 0.4) is 0 Å². The van der Waals surface area contributed by atoms with Gasteiger partial charge >= 0.3 is 6.09 Å². The van der Waals surface area contributed by atoms with Crippen LogP contribution in [0.5, 0.6) is 5.75 Å². The number of carbonyl (C=O) groups excluding carboxylic acids is 1. The van der Waals surface area contributed by atoms with Crippen LogP contribution in [-0.4, -0.2) is 31.8 Å². The first kappa shape index (κ1) is 18.2. The minimum Gasteiger partial charge on any atom is -0.493 e. The molecule has 24 heavy (non-hydrogen) atoms. The third-order valence-electron chi connectivity index (χ3n) is 2.85. The molecule has 0 spiro atoms. The van der Waals surface area contributed by atoms with Gasteiger partial charge in [-0.1, -0.05) is 23.7 Å². The fourth-order valence-corrected chi connectivity index (χ4v) is 2.60. The highest BCUT2D eigenvalue weighted by molar-refractivity contribution is 7.99. The zero-order valence-corrected chi connectivity index (χ0v) is 14.6. The Bertz CT molecular complexity index is 692. The summed E-state index contributed by atoms with van der Waals surface area (Å²) in [6.45, 7) is 0.578. The number of ether oxygens (including phenoxy) is 2. The highest BCUT2D eigenvalue weighted by Crippen LogP contribution is 2.20. The molecule has 0 aliphatic rings. The van der Waals surface area contributed by atoms with Crippen molar-refractivity contribution in [2.75, 3.05) is 19.5 Å². The van der Waals surface area contributed by atoms with Gasteiger partial charge in [-0.05, 0) is 42.0 Å². The molecule has 0 heterocycles. The minimum absolute atomic E-state index is 0.578. The molecule has 1 amide bonds. The van der Waals surface area contributed by atoms with Gasteiger partial charge in [0.25, 0.3) is 0 Å². The van der Waals surface area contributed by atoms with E-state index in [2.05, 4.69) is 15.3 Å². The quantitative estimate of drug-likeness (QED) is 0.346. The predicted molar refractivity (Wildman–Crippen MR) is 97.2 cm³/mol. The zero-order chi connectivity index (χ0) is 17.2. The maximum absolute atomic E-state index is 10.9. The molecule has 5 nitrogen and oxygen atoms in total. The Balaban J connectivity index is 1.77. The number of benzene rings is 2. The number of nitrogens with one attached hydrogen (secondary N) is 1. The maximum atomic E-state index is 10.9. The molecular weight excluding hydrogens is 348 g/mol.